The Balaban J connectivity index is 2.01. The normalized spacial score (nSPS) is 50.2. The molecule has 0 aliphatic heterocycles. The molecule has 3 aliphatic rings. The quantitative estimate of drug-likeness (QED) is 0.586. The van der Waals surface area contributed by atoms with Gasteiger partial charge in [-0.25, -0.2) is 0 Å². The second-order valence-corrected chi connectivity index (χ2v) is 5.19. The summed E-state index contributed by atoms with van der Waals surface area (Å²) in [5.41, 5.74) is -0.0865. The van der Waals surface area contributed by atoms with Crippen molar-refractivity contribution >= 4 is 5.78 Å². The number of Topliss-reactive ketones (excluding diaryl/α,β-unsaturated/α-hetero) is 1. The zero-order valence-corrected chi connectivity index (χ0v) is 8.33. The molecule has 0 spiro atoms. The molecule has 0 bridgehead atoms. The molecule has 3 rings (SSSR count). The second-order valence-electron chi connectivity index (χ2n) is 5.19. The van der Waals surface area contributed by atoms with E-state index >= 15 is 0 Å². The van der Waals surface area contributed by atoms with Gasteiger partial charge in [-0.1, -0.05) is 6.42 Å². The average molecular weight is 189 g/mol. The van der Waals surface area contributed by atoms with Crippen LogP contribution in [-0.2, 0) is 4.79 Å². The Morgan fingerprint density at radius 2 is 2.29 bits per heavy atom. The third-order valence-electron chi connectivity index (χ3n) is 4.88. The highest BCUT2D eigenvalue weighted by molar-refractivity contribution is 5.84. The molecule has 0 aromatic heterocycles. The molecule has 3 fully saturated rings. The van der Waals surface area contributed by atoms with Crippen LogP contribution in [0.5, 0.6) is 0 Å². The largest absolute Gasteiger partial charge is 0.299 e. The SMILES string of the molecule is N#C[C@]12CCC[C@H]1C[C@H]1C(=O)CC[C@H]12. The van der Waals surface area contributed by atoms with Gasteiger partial charge in [0.2, 0.25) is 0 Å². The third kappa shape index (κ3) is 0.791. The number of fused-ring (bicyclic) bond motifs is 3. The van der Waals surface area contributed by atoms with Crippen LogP contribution in [0.3, 0.4) is 0 Å². The molecule has 14 heavy (non-hydrogen) atoms. The fraction of sp³-hybridized carbons (Fsp3) is 0.833. The minimum absolute atomic E-state index is 0.0865. The van der Waals surface area contributed by atoms with Gasteiger partial charge in [-0.2, -0.15) is 5.26 Å². The molecule has 4 atom stereocenters. The van der Waals surface area contributed by atoms with E-state index in [1.54, 1.807) is 0 Å². The molecule has 2 nitrogen and oxygen atoms in total. The maximum absolute atomic E-state index is 11.6. The summed E-state index contributed by atoms with van der Waals surface area (Å²) in [4.78, 5) is 11.6. The van der Waals surface area contributed by atoms with Crippen LogP contribution in [0.4, 0.5) is 0 Å². The summed E-state index contributed by atoms with van der Waals surface area (Å²) >= 11 is 0. The van der Waals surface area contributed by atoms with Gasteiger partial charge in [0.25, 0.3) is 0 Å². The highest BCUT2D eigenvalue weighted by Gasteiger charge is 2.60. The number of ketones is 1. The van der Waals surface area contributed by atoms with Crippen molar-refractivity contribution in [1.82, 2.24) is 0 Å². The summed E-state index contributed by atoms with van der Waals surface area (Å²) in [7, 11) is 0. The van der Waals surface area contributed by atoms with Gasteiger partial charge in [0, 0.05) is 12.3 Å². The molecular weight excluding hydrogens is 174 g/mol. The van der Waals surface area contributed by atoms with Crippen LogP contribution in [0.1, 0.15) is 38.5 Å². The highest BCUT2D eigenvalue weighted by Crippen LogP contribution is 2.63. The minimum Gasteiger partial charge on any atom is -0.299 e. The molecule has 0 aromatic carbocycles. The maximum atomic E-state index is 11.6. The van der Waals surface area contributed by atoms with Gasteiger partial charge < -0.3 is 0 Å². The summed E-state index contributed by atoms with van der Waals surface area (Å²) in [6.45, 7) is 0. The van der Waals surface area contributed by atoms with Crippen LogP contribution in [0, 0.1) is 34.5 Å². The summed E-state index contributed by atoms with van der Waals surface area (Å²) in [6.07, 6.45) is 6.21. The predicted octanol–water partition coefficient (Wildman–Crippen LogP) is 2.30. The number of rotatable bonds is 0. The Hall–Kier alpha value is -0.840. The van der Waals surface area contributed by atoms with Crippen LogP contribution >= 0.6 is 0 Å². The van der Waals surface area contributed by atoms with E-state index in [1.807, 2.05) is 0 Å². The Morgan fingerprint density at radius 3 is 3.07 bits per heavy atom. The van der Waals surface area contributed by atoms with Gasteiger partial charge in [0.15, 0.2) is 0 Å². The minimum atomic E-state index is -0.0865. The monoisotopic (exact) mass is 189 g/mol. The van der Waals surface area contributed by atoms with E-state index in [2.05, 4.69) is 6.07 Å². The van der Waals surface area contributed by atoms with E-state index < -0.39 is 0 Å². The standard InChI is InChI=1S/C12H15NO/c13-7-12-5-1-2-8(12)6-9-10(12)3-4-11(9)14/h8-10H,1-6H2/t8-,9+,10+,12+/m0/s1. The first-order valence-corrected chi connectivity index (χ1v) is 5.72. The van der Waals surface area contributed by atoms with Crippen LogP contribution in [-0.4, -0.2) is 5.78 Å². The van der Waals surface area contributed by atoms with E-state index in [4.69, 9.17) is 0 Å². The molecule has 0 N–H and O–H groups in total. The molecule has 0 amide bonds. The van der Waals surface area contributed by atoms with E-state index in [0.717, 1.165) is 25.7 Å². The van der Waals surface area contributed by atoms with E-state index in [1.165, 1.54) is 12.8 Å². The maximum Gasteiger partial charge on any atom is 0.136 e. The number of nitrogens with zero attached hydrogens (tertiary/aromatic N) is 1. The van der Waals surface area contributed by atoms with Gasteiger partial charge >= 0.3 is 0 Å². The zero-order chi connectivity index (χ0) is 9.76. The van der Waals surface area contributed by atoms with Crippen LogP contribution in [0.2, 0.25) is 0 Å². The molecule has 2 heteroatoms. The lowest BCUT2D eigenvalue weighted by molar-refractivity contribution is -0.121. The molecule has 0 saturated heterocycles. The Morgan fingerprint density at radius 1 is 1.43 bits per heavy atom. The Kier molecular flexibility index (Phi) is 1.57. The van der Waals surface area contributed by atoms with Gasteiger partial charge in [-0.3, -0.25) is 4.79 Å². The average Bonchev–Trinajstić information content (AvgIpc) is 2.78. The van der Waals surface area contributed by atoms with Crippen molar-refractivity contribution < 1.29 is 4.79 Å². The first-order chi connectivity index (χ1) is 6.78. The van der Waals surface area contributed by atoms with E-state index in [-0.39, 0.29) is 11.3 Å². The number of carbonyl (C=O) groups excluding carboxylic acids is 1. The van der Waals surface area contributed by atoms with Gasteiger partial charge in [-0.05, 0) is 37.5 Å². The first-order valence-electron chi connectivity index (χ1n) is 5.72. The summed E-state index contributed by atoms with van der Waals surface area (Å²) in [5, 5.41) is 9.40. The highest BCUT2D eigenvalue weighted by atomic mass is 16.1. The number of hydrogen-bond donors (Lipinski definition) is 0. The fourth-order valence-corrected chi connectivity index (χ4v) is 4.28. The number of carbonyl (C=O) groups is 1. The van der Waals surface area contributed by atoms with Crippen molar-refractivity contribution in [1.29, 1.82) is 5.26 Å². The third-order valence-corrected chi connectivity index (χ3v) is 4.88. The van der Waals surface area contributed by atoms with Crippen molar-refractivity contribution in [3.05, 3.63) is 0 Å². The predicted molar refractivity (Wildman–Crippen MR) is 51.2 cm³/mol. The number of nitriles is 1. The van der Waals surface area contributed by atoms with Crippen molar-refractivity contribution in [3.63, 3.8) is 0 Å². The lowest BCUT2D eigenvalue weighted by Gasteiger charge is -2.26. The van der Waals surface area contributed by atoms with Gasteiger partial charge in [0.05, 0.1) is 11.5 Å². The summed E-state index contributed by atoms with van der Waals surface area (Å²) in [5.74, 6) is 1.68. The van der Waals surface area contributed by atoms with Crippen LogP contribution < -0.4 is 0 Å². The lowest BCUT2D eigenvalue weighted by atomic mass is 9.74. The van der Waals surface area contributed by atoms with Crippen molar-refractivity contribution in [3.8, 4) is 6.07 Å². The van der Waals surface area contributed by atoms with Crippen LogP contribution in [0.25, 0.3) is 0 Å². The summed E-state index contributed by atoms with van der Waals surface area (Å²) in [6, 6.07) is 2.58. The van der Waals surface area contributed by atoms with Gasteiger partial charge in [-0.15, -0.1) is 0 Å². The molecule has 74 valence electrons. The second kappa shape index (κ2) is 2.59. The molecule has 0 heterocycles. The van der Waals surface area contributed by atoms with Gasteiger partial charge in [0.1, 0.15) is 5.78 Å². The lowest BCUT2D eigenvalue weighted by Crippen LogP contribution is -2.26. The van der Waals surface area contributed by atoms with Crippen molar-refractivity contribution in [2.24, 2.45) is 23.2 Å². The summed E-state index contributed by atoms with van der Waals surface area (Å²) < 4.78 is 0. The van der Waals surface area contributed by atoms with E-state index in [0.29, 0.717) is 17.6 Å². The first kappa shape index (κ1) is 8.47. The topological polar surface area (TPSA) is 40.9 Å². The van der Waals surface area contributed by atoms with Crippen molar-refractivity contribution in [2.45, 2.75) is 38.5 Å². The number of hydrogen-bond acceptors (Lipinski definition) is 2. The Bertz CT molecular complexity index is 330. The van der Waals surface area contributed by atoms with E-state index in [9.17, 15) is 10.1 Å². The van der Waals surface area contributed by atoms with Crippen LogP contribution in [0.15, 0.2) is 0 Å². The molecule has 3 aliphatic carbocycles. The molecule has 0 aromatic rings. The zero-order valence-electron chi connectivity index (χ0n) is 8.33. The molecule has 0 unspecified atom stereocenters. The Labute approximate surface area is 84.3 Å². The van der Waals surface area contributed by atoms with Crippen molar-refractivity contribution in [2.75, 3.05) is 0 Å². The fourth-order valence-electron chi connectivity index (χ4n) is 4.28. The smallest absolute Gasteiger partial charge is 0.136 e. The molecule has 0 radical (unpaired) electrons. The molecular formula is C12H15NO. The molecule has 3 saturated carbocycles.